The fraction of sp³-hybridized carbons (Fsp3) is 0.400. The van der Waals surface area contributed by atoms with E-state index in [2.05, 4.69) is 4.74 Å². The highest BCUT2D eigenvalue weighted by Gasteiger charge is 2.73. The average molecular weight is 549 g/mol. The van der Waals surface area contributed by atoms with Gasteiger partial charge >= 0.3 is 24.0 Å². The highest BCUT2D eigenvalue weighted by atomic mass is 35.5. The molecule has 0 bridgehead atoms. The fourth-order valence-corrected chi connectivity index (χ4v) is 5.36. The summed E-state index contributed by atoms with van der Waals surface area (Å²) in [5.74, 6) is -2.85. The molecule has 14 heteroatoms. The molecule has 1 aliphatic rings. The Balaban J connectivity index is 2.16. The maximum absolute atomic E-state index is 14.1. The summed E-state index contributed by atoms with van der Waals surface area (Å²) in [5.41, 5.74) is -5.70. The number of carbonyl (C=O) groups excluding carboxylic acids is 2. The molecule has 2 N–H and O–H groups in total. The van der Waals surface area contributed by atoms with Gasteiger partial charge in [0.15, 0.2) is 0 Å². The van der Waals surface area contributed by atoms with E-state index in [0.29, 0.717) is 41.0 Å². The first kappa shape index (κ1) is 26.4. The van der Waals surface area contributed by atoms with Gasteiger partial charge in [0.2, 0.25) is 0 Å². The minimum absolute atomic E-state index is 0.0180. The lowest BCUT2D eigenvalue weighted by atomic mass is 9.95. The number of carbonyl (C=O) groups is 2. The third-order valence-corrected chi connectivity index (χ3v) is 6.94. The number of hydrogen-bond donors (Lipinski definition) is 2. The number of ether oxygens (including phenoxy) is 1. The van der Waals surface area contributed by atoms with Crippen molar-refractivity contribution >= 4 is 51.4 Å². The smallest absolute Gasteiger partial charge is 0.439 e. The van der Waals surface area contributed by atoms with Gasteiger partial charge in [-0.15, -0.1) is 11.3 Å². The van der Waals surface area contributed by atoms with Gasteiger partial charge in [-0.25, -0.2) is 4.79 Å². The number of alkyl halides is 6. The second-order valence-corrected chi connectivity index (χ2v) is 9.30. The van der Waals surface area contributed by atoms with Crippen molar-refractivity contribution in [3.05, 3.63) is 49.8 Å². The Labute approximate surface area is 203 Å². The molecule has 0 spiro atoms. The van der Waals surface area contributed by atoms with Crippen molar-refractivity contribution in [1.82, 2.24) is 5.32 Å². The number of hydrogen-bond acceptors (Lipinski definition) is 5. The molecule has 3 rings (SSSR count). The summed E-state index contributed by atoms with van der Waals surface area (Å²) in [4.78, 5) is 25.4. The summed E-state index contributed by atoms with van der Waals surface area (Å²) in [5, 5.41) is 1.29. The Morgan fingerprint density at radius 3 is 2.21 bits per heavy atom. The number of methoxy groups -OCH3 is 1. The average Bonchev–Trinajstić information content (AvgIpc) is 3.08. The number of halogens is 8. The number of amides is 1. The lowest BCUT2D eigenvalue weighted by Gasteiger charge is -2.38. The molecule has 5 nitrogen and oxygen atoms in total. The predicted octanol–water partition coefficient (Wildman–Crippen LogP) is 6.38. The molecule has 0 unspecified atom stereocenters. The van der Waals surface area contributed by atoms with Crippen LogP contribution in [0, 0.1) is 0 Å². The van der Waals surface area contributed by atoms with E-state index < -0.39 is 51.0 Å². The van der Waals surface area contributed by atoms with Crippen molar-refractivity contribution in [2.45, 2.75) is 43.7 Å². The number of esters is 1. The minimum atomic E-state index is -6.09. The van der Waals surface area contributed by atoms with E-state index >= 15 is 0 Å². The zero-order chi connectivity index (χ0) is 25.5. The van der Waals surface area contributed by atoms with Crippen LogP contribution in [0.5, 0.6) is 0 Å². The standard InChI is InChI=1S/C20H16Cl2F6N2O3S/c1-33-17(32)14-11-4-2-3-5-13(11)34-16(14)30-18(19(23,24)25,20(26,27)28)29-15(31)10-7-6-9(21)8-12(10)22/h6-8,30H,2-5H2,1H3,(H,29,31). The van der Waals surface area contributed by atoms with Crippen molar-refractivity contribution in [3.8, 4) is 0 Å². The Kier molecular flexibility index (Phi) is 7.35. The number of nitrogens with one attached hydrogen (secondary N) is 2. The van der Waals surface area contributed by atoms with Gasteiger partial charge in [0.1, 0.15) is 5.00 Å². The SMILES string of the molecule is COC(=O)c1c(NC(NC(=O)c2ccc(Cl)cc2Cl)(C(F)(F)F)C(F)(F)F)sc2c1CCCC2. The highest BCUT2D eigenvalue weighted by Crippen LogP contribution is 2.47. The molecule has 0 atom stereocenters. The molecule has 1 aromatic carbocycles. The summed E-state index contributed by atoms with van der Waals surface area (Å²) in [6, 6.07) is 2.97. The van der Waals surface area contributed by atoms with Gasteiger partial charge < -0.3 is 15.4 Å². The van der Waals surface area contributed by atoms with Crippen LogP contribution in [0.15, 0.2) is 18.2 Å². The van der Waals surface area contributed by atoms with Crippen LogP contribution in [-0.2, 0) is 17.6 Å². The lowest BCUT2D eigenvalue weighted by Crippen LogP contribution is -2.72. The summed E-state index contributed by atoms with van der Waals surface area (Å²) in [6.07, 6.45) is -10.2. The van der Waals surface area contributed by atoms with E-state index in [0.717, 1.165) is 30.6 Å². The normalized spacial score (nSPS) is 14.4. The number of thiophene rings is 1. The predicted molar refractivity (Wildman–Crippen MR) is 115 cm³/mol. The maximum Gasteiger partial charge on any atom is 0.439 e. The van der Waals surface area contributed by atoms with Crippen LogP contribution in [0.3, 0.4) is 0 Å². The maximum atomic E-state index is 14.1. The summed E-state index contributed by atoms with van der Waals surface area (Å²) < 4.78 is 89.4. The fourth-order valence-electron chi connectivity index (χ4n) is 3.53. The van der Waals surface area contributed by atoms with Gasteiger partial charge in [0, 0.05) is 9.90 Å². The van der Waals surface area contributed by atoms with Crippen molar-refractivity contribution in [1.29, 1.82) is 0 Å². The second kappa shape index (κ2) is 9.46. The Morgan fingerprint density at radius 2 is 1.65 bits per heavy atom. The van der Waals surface area contributed by atoms with Gasteiger partial charge in [-0.2, -0.15) is 26.3 Å². The van der Waals surface area contributed by atoms with Crippen LogP contribution in [0.4, 0.5) is 31.3 Å². The molecule has 1 aliphatic carbocycles. The number of aryl methyl sites for hydroxylation is 1. The molecule has 34 heavy (non-hydrogen) atoms. The Hall–Kier alpha value is -2.18. The van der Waals surface area contributed by atoms with Crippen LogP contribution in [0.25, 0.3) is 0 Å². The molecule has 2 aromatic rings. The molecular formula is C20H16Cl2F6N2O3S. The molecule has 0 radical (unpaired) electrons. The van der Waals surface area contributed by atoms with Crippen molar-refractivity contribution < 1.29 is 40.7 Å². The van der Waals surface area contributed by atoms with Crippen LogP contribution in [-0.4, -0.2) is 37.0 Å². The van der Waals surface area contributed by atoms with Crippen LogP contribution < -0.4 is 10.6 Å². The number of fused-ring (bicyclic) bond motifs is 1. The molecule has 0 saturated heterocycles. The topological polar surface area (TPSA) is 67.4 Å². The van der Waals surface area contributed by atoms with Crippen molar-refractivity contribution in [2.75, 3.05) is 12.4 Å². The van der Waals surface area contributed by atoms with E-state index in [1.54, 1.807) is 0 Å². The molecule has 0 aliphatic heterocycles. The van der Waals surface area contributed by atoms with Crippen LogP contribution in [0.2, 0.25) is 10.0 Å². The molecule has 1 aromatic heterocycles. The largest absolute Gasteiger partial charge is 0.465 e. The van der Waals surface area contributed by atoms with Gasteiger partial charge in [0.25, 0.3) is 5.91 Å². The molecular weight excluding hydrogens is 533 g/mol. The van der Waals surface area contributed by atoms with Crippen molar-refractivity contribution in [3.63, 3.8) is 0 Å². The van der Waals surface area contributed by atoms with E-state index in [-0.39, 0.29) is 11.4 Å². The monoisotopic (exact) mass is 548 g/mol. The van der Waals surface area contributed by atoms with Gasteiger partial charge in [-0.1, -0.05) is 23.2 Å². The lowest BCUT2D eigenvalue weighted by molar-refractivity contribution is -0.293. The number of benzene rings is 1. The quantitative estimate of drug-likeness (QED) is 0.258. The van der Waals surface area contributed by atoms with E-state index in [1.807, 2.05) is 0 Å². The molecule has 186 valence electrons. The Bertz CT molecular complexity index is 1100. The molecule has 0 saturated carbocycles. The first-order valence-corrected chi connectivity index (χ1v) is 11.2. The van der Waals surface area contributed by atoms with Gasteiger partial charge in [-0.05, 0) is 49.4 Å². The van der Waals surface area contributed by atoms with E-state index in [4.69, 9.17) is 23.2 Å². The van der Waals surface area contributed by atoms with Gasteiger partial charge in [0.05, 0.1) is 23.3 Å². The second-order valence-electron chi connectivity index (χ2n) is 7.36. The van der Waals surface area contributed by atoms with E-state index in [9.17, 15) is 35.9 Å². The van der Waals surface area contributed by atoms with Crippen LogP contribution in [0.1, 0.15) is 44.0 Å². The first-order valence-electron chi connectivity index (χ1n) is 9.64. The first-order chi connectivity index (χ1) is 15.7. The molecule has 1 heterocycles. The zero-order valence-corrected chi connectivity index (χ0v) is 19.5. The molecule has 1 amide bonds. The zero-order valence-electron chi connectivity index (χ0n) is 17.2. The third kappa shape index (κ3) is 4.80. The van der Waals surface area contributed by atoms with Gasteiger partial charge in [-0.3, -0.25) is 4.79 Å². The highest BCUT2D eigenvalue weighted by molar-refractivity contribution is 7.16. The Morgan fingerprint density at radius 1 is 1.03 bits per heavy atom. The minimum Gasteiger partial charge on any atom is -0.465 e. The van der Waals surface area contributed by atoms with Crippen LogP contribution >= 0.6 is 34.5 Å². The third-order valence-electron chi connectivity index (χ3n) is 5.19. The summed E-state index contributed by atoms with van der Waals surface area (Å²) >= 11 is 12.1. The molecule has 0 fully saturated rings. The number of anilines is 1. The summed E-state index contributed by atoms with van der Waals surface area (Å²) in [6.45, 7) is 0. The summed E-state index contributed by atoms with van der Waals surface area (Å²) in [7, 11) is 0.962. The van der Waals surface area contributed by atoms with E-state index in [1.165, 1.54) is 5.32 Å². The van der Waals surface area contributed by atoms with Crippen molar-refractivity contribution in [2.24, 2.45) is 0 Å². The number of rotatable bonds is 5.